The molecular weight excluding hydrogens is 831 g/mol. The van der Waals surface area contributed by atoms with E-state index in [0.717, 1.165) is 4.90 Å². The zero-order chi connectivity index (χ0) is 44.0. The van der Waals surface area contributed by atoms with Crippen molar-refractivity contribution in [2.75, 3.05) is 33.5 Å². The molecule has 7 rings (SSSR count). The van der Waals surface area contributed by atoms with Gasteiger partial charge in [-0.1, -0.05) is 37.3 Å². The van der Waals surface area contributed by atoms with Crippen LogP contribution in [0.4, 0.5) is 22.4 Å². The van der Waals surface area contributed by atoms with Crippen molar-refractivity contribution >= 4 is 44.6 Å². The van der Waals surface area contributed by atoms with Crippen LogP contribution >= 0.6 is 0 Å². The standard InChI is InChI=1S/C41H49F4N5O10S/c1-24-9-4-5-10-26-19-40(26,36(53)49-61(55,56)38(22-42)14-15-38)48-33(51)30-18-27(59-34-29-12-7-6-11-28(29)31(57-3)20-46-34)21-50(30)35(52)32(25(2)17-24)47-37(54)60-39(41(43,44)45)13-8-16-58-23-39/h5-7,10-12,20,24,26-27,30H,4,8-9,13-19,21-23H2,1-3H3,(H,47,54)(H,48,51)(H,49,53)/b10-5?,32-25+. The summed E-state index contributed by atoms with van der Waals surface area (Å²) >= 11 is 0. The second kappa shape index (κ2) is 16.7. The number of aromatic nitrogens is 1. The monoisotopic (exact) mass is 879 g/mol. The maximum atomic E-state index is 14.8. The largest absolute Gasteiger partial charge is 0.494 e. The normalized spacial score (nSPS) is 30.5. The Kier molecular flexibility index (Phi) is 12.1. The fourth-order valence-corrected chi connectivity index (χ4v) is 9.85. The zero-order valence-corrected chi connectivity index (χ0v) is 34.8. The van der Waals surface area contributed by atoms with Gasteiger partial charge in [0, 0.05) is 36.1 Å². The fourth-order valence-electron chi connectivity index (χ4n) is 8.42. The number of carbonyl (C=O) groups is 4. The Morgan fingerprint density at radius 2 is 1.87 bits per heavy atom. The number of hydrogen-bond donors (Lipinski definition) is 3. The number of alkyl carbamates (subject to hydrolysis) is 1. The van der Waals surface area contributed by atoms with Crippen molar-refractivity contribution in [2.45, 2.75) is 106 Å². The van der Waals surface area contributed by atoms with Crippen LogP contribution in [0, 0.1) is 11.8 Å². The number of sulfonamides is 1. The van der Waals surface area contributed by atoms with Gasteiger partial charge < -0.3 is 29.2 Å². The van der Waals surface area contributed by atoms with Gasteiger partial charge in [-0.2, -0.15) is 13.2 Å². The lowest BCUT2D eigenvalue weighted by atomic mass is 9.95. The zero-order valence-electron chi connectivity index (χ0n) is 33.9. The number of amides is 4. The number of nitrogens with zero attached hydrogens (tertiary/aromatic N) is 2. The van der Waals surface area contributed by atoms with Crippen LogP contribution in [-0.4, -0.2) is 110 Å². The Morgan fingerprint density at radius 3 is 2.52 bits per heavy atom. The molecular formula is C41H49F4N5O10S. The molecule has 4 heterocycles. The highest BCUT2D eigenvalue weighted by molar-refractivity contribution is 7.91. The van der Waals surface area contributed by atoms with Crippen LogP contribution < -0.4 is 24.8 Å². The van der Waals surface area contributed by atoms with Crippen LogP contribution in [-0.2, 0) is 33.9 Å². The van der Waals surface area contributed by atoms with Crippen molar-refractivity contribution in [3.05, 3.63) is 53.9 Å². The molecule has 1 aromatic carbocycles. The predicted molar refractivity (Wildman–Crippen MR) is 210 cm³/mol. The van der Waals surface area contributed by atoms with Gasteiger partial charge in [-0.15, -0.1) is 0 Å². The number of hydrogen-bond acceptors (Lipinski definition) is 11. The molecule has 4 amide bonds. The first-order valence-corrected chi connectivity index (χ1v) is 21.7. The van der Waals surface area contributed by atoms with Crippen molar-refractivity contribution in [2.24, 2.45) is 11.8 Å². The molecule has 3 aliphatic heterocycles. The molecule has 0 radical (unpaired) electrons. The summed E-state index contributed by atoms with van der Waals surface area (Å²) in [5.74, 6) is -3.08. The molecule has 0 spiro atoms. The summed E-state index contributed by atoms with van der Waals surface area (Å²) in [6, 6.07) is 5.64. The Labute approximate surface area is 350 Å². The number of rotatable bonds is 9. The molecule has 2 saturated carbocycles. The van der Waals surface area contributed by atoms with Crippen LogP contribution in [0.15, 0.2) is 53.9 Å². The lowest BCUT2D eigenvalue weighted by molar-refractivity contribution is -0.285. The van der Waals surface area contributed by atoms with E-state index >= 15 is 0 Å². The van der Waals surface area contributed by atoms with Crippen molar-refractivity contribution in [3.8, 4) is 11.6 Å². The average molecular weight is 880 g/mol. The lowest BCUT2D eigenvalue weighted by Crippen LogP contribution is -2.58. The molecule has 15 nitrogen and oxygen atoms in total. The van der Waals surface area contributed by atoms with Gasteiger partial charge in [0.15, 0.2) is 0 Å². The van der Waals surface area contributed by atoms with Gasteiger partial charge in [0.2, 0.25) is 27.4 Å². The van der Waals surface area contributed by atoms with Crippen molar-refractivity contribution in [1.29, 1.82) is 0 Å². The van der Waals surface area contributed by atoms with Gasteiger partial charge in [0.25, 0.3) is 11.8 Å². The first kappa shape index (κ1) is 44.1. The molecule has 1 aromatic heterocycles. The lowest BCUT2D eigenvalue weighted by Gasteiger charge is -2.37. The summed E-state index contributed by atoms with van der Waals surface area (Å²) in [6.07, 6.45) is -2.09. The second-order valence-electron chi connectivity index (χ2n) is 16.8. The molecule has 4 fully saturated rings. The SMILES string of the molecule is COc1cnc(OC2CC3C(=O)NC4(C(=O)NS(=O)(=O)C5(CF)CC5)CC4C=CCCC(C)C/C(C)=C(/NC(=O)OC4(C(F)(F)F)CCCOC4)C(=O)N3C2)c2ccccc12. The molecule has 61 heavy (non-hydrogen) atoms. The summed E-state index contributed by atoms with van der Waals surface area (Å²) in [5, 5.41) is 6.22. The summed E-state index contributed by atoms with van der Waals surface area (Å²) in [5.41, 5.74) is -4.87. The van der Waals surface area contributed by atoms with Crippen LogP contribution in [0.25, 0.3) is 10.8 Å². The summed E-state index contributed by atoms with van der Waals surface area (Å²) in [6.45, 7) is 1.04. The number of nitrogens with one attached hydrogen (secondary N) is 3. The maximum Gasteiger partial charge on any atom is 0.430 e. The molecule has 0 bridgehead atoms. The average Bonchev–Trinajstić information content (AvgIpc) is 4.13. The fraction of sp³-hybridized carbons (Fsp3) is 0.585. The Morgan fingerprint density at radius 1 is 1.13 bits per heavy atom. The molecule has 2 aromatic rings. The van der Waals surface area contributed by atoms with E-state index in [-0.39, 0.29) is 63.5 Å². The quantitative estimate of drug-likeness (QED) is 0.229. The molecule has 2 saturated heterocycles. The highest BCUT2D eigenvalue weighted by atomic mass is 32.2. The third-order valence-electron chi connectivity index (χ3n) is 12.4. The van der Waals surface area contributed by atoms with E-state index in [9.17, 15) is 45.2 Å². The van der Waals surface area contributed by atoms with Crippen molar-refractivity contribution in [3.63, 3.8) is 0 Å². The van der Waals surface area contributed by atoms with Crippen molar-refractivity contribution in [1.82, 2.24) is 25.2 Å². The van der Waals surface area contributed by atoms with E-state index < -0.39 is 99.4 Å². The topological polar surface area (TPSA) is 192 Å². The molecule has 332 valence electrons. The van der Waals surface area contributed by atoms with Crippen LogP contribution in [0.2, 0.25) is 0 Å². The van der Waals surface area contributed by atoms with Gasteiger partial charge in [-0.05, 0) is 69.4 Å². The smallest absolute Gasteiger partial charge is 0.430 e. The minimum Gasteiger partial charge on any atom is -0.494 e. The molecule has 2 aliphatic carbocycles. The third kappa shape index (κ3) is 8.61. The number of fused-ring (bicyclic) bond motifs is 3. The number of ether oxygens (including phenoxy) is 4. The summed E-state index contributed by atoms with van der Waals surface area (Å²) in [7, 11) is -3.00. The second-order valence-corrected chi connectivity index (χ2v) is 18.9. The predicted octanol–water partition coefficient (Wildman–Crippen LogP) is 4.90. The minimum atomic E-state index is -5.00. The Balaban J connectivity index is 1.24. The van der Waals surface area contributed by atoms with Crippen LogP contribution in [0.1, 0.15) is 71.6 Å². The molecule has 20 heteroatoms. The number of pyridine rings is 1. The Bertz CT molecular complexity index is 2240. The van der Waals surface area contributed by atoms with Crippen LogP contribution in [0.5, 0.6) is 11.6 Å². The number of alkyl halides is 4. The summed E-state index contributed by atoms with van der Waals surface area (Å²) < 4.78 is 106. The minimum absolute atomic E-state index is 0.000544. The summed E-state index contributed by atoms with van der Waals surface area (Å²) in [4.78, 5) is 62.3. The third-order valence-corrected chi connectivity index (χ3v) is 14.5. The number of methoxy groups -OCH3 is 1. The highest BCUT2D eigenvalue weighted by Gasteiger charge is 2.64. The van der Waals surface area contributed by atoms with E-state index in [4.69, 9.17) is 18.9 Å². The molecule has 3 N–H and O–H groups in total. The molecule has 6 atom stereocenters. The van der Waals surface area contributed by atoms with Crippen LogP contribution in [0.3, 0.4) is 0 Å². The number of carbonyl (C=O) groups excluding carboxylic acids is 4. The molecule has 6 unspecified atom stereocenters. The molecule has 5 aliphatic rings. The number of halogens is 4. The van der Waals surface area contributed by atoms with E-state index in [1.54, 1.807) is 43.3 Å². The van der Waals surface area contributed by atoms with Gasteiger partial charge in [-0.3, -0.25) is 24.4 Å². The number of benzene rings is 1. The van der Waals surface area contributed by atoms with Gasteiger partial charge in [-0.25, -0.2) is 22.6 Å². The van der Waals surface area contributed by atoms with E-state index in [1.807, 2.05) is 11.6 Å². The van der Waals surface area contributed by atoms with E-state index in [0.29, 0.717) is 34.9 Å². The van der Waals surface area contributed by atoms with E-state index in [1.165, 1.54) is 13.3 Å². The number of allylic oxidation sites excluding steroid dienone is 2. The maximum absolute atomic E-state index is 14.8. The van der Waals surface area contributed by atoms with Gasteiger partial charge >= 0.3 is 12.3 Å². The highest BCUT2D eigenvalue weighted by Crippen LogP contribution is 2.48. The van der Waals surface area contributed by atoms with Crippen molar-refractivity contribution < 1.29 is 64.1 Å². The first-order chi connectivity index (χ1) is 28.9. The first-order valence-electron chi connectivity index (χ1n) is 20.2. The van der Waals surface area contributed by atoms with Gasteiger partial charge in [0.05, 0.1) is 26.5 Å². The van der Waals surface area contributed by atoms with Gasteiger partial charge in [0.1, 0.15) is 40.6 Å². The Hall–Kier alpha value is -4.98. The van der Waals surface area contributed by atoms with E-state index in [2.05, 4.69) is 15.6 Å².